The largest absolute Gasteiger partial charge is 0.296 e. The lowest BCUT2D eigenvalue weighted by Crippen LogP contribution is -2.18. The third kappa shape index (κ3) is 1.79. The van der Waals surface area contributed by atoms with Crippen molar-refractivity contribution >= 4 is 5.78 Å². The van der Waals surface area contributed by atoms with Gasteiger partial charge in [0.25, 0.3) is 0 Å². The van der Waals surface area contributed by atoms with E-state index in [1.807, 2.05) is 0 Å². The van der Waals surface area contributed by atoms with Gasteiger partial charge >= 0.3 is 0 Å². The Morgan fingerprint density at radius 3 is 2.40 bits per heavy atom. The molecule has 1 nitrogen and oxygen atoms in total. The van der Waals surface area contributed by atoms with Crippen LogP contribution in [-0.2, 0) is 4.79 Å². The van der Waals surface area contributed by atoms with Crippen molar-refractivity contribution in [2.45, 2.75) is 32.1 Å². The van der Waals surface area contributed by atoms with Crippen LogP contribution in [0.1, 0.15) is 32.1 Å². The maximum Gasteiger partial charge on any atom is 0.166 e. The van der Waals surface area contributed by atoms with Crippen molar-refractivity contribution in [3.05, 3.63) is 0 Å². The molecule has 0 unspecified atom stereocenters. The van der Waals surface area contributed by atoms with E-state index in [2.05, 4.69) is 0 Å². The minimum absolute atomic E-state index is 0.0544. The second-order valence-corrected chi connectivity index (χ2v) is 2.93. The summed E-state index contributed by atoms with van der Waals surface area (Å²) in [6, 6.07) is 0. The van der Waals surface area contributed by atoms with Gasteiger partial charge in [-0.2, -0.15) is 0 Å². The van der Waals surface area contributed by atoms with Crippen LogP contribution in [0.15, 0.2) is 0 Å². The molecule has 0 amide bonds. The fraction of sp³-hybridized carbons (Fsp3) is 0.875. The summed E-state index contributed by atoms with van der Waals surface area (Å²) in [5.41, 5.74) is 0. The van der Waals surface area contributed by atoms with Crippen molar-refractivity contribution in [3.63, 3.8) is 0 Å². The molecule has 58 valence electrons. The monoisotopic (exact) mass is 144 g/mol. The summed E-state index contributed by atoms with van der Waals surface area (Å²) in [5, 5.41) is 0. The first kappa shape index (κ1) is 7.70. The second kappa shape index (κ2) is 3.69. The number of Topliss-reactive ketones (excluding diaryl/α,β-unsaturated/α-hetero) is 1. The summed E-state index contributed by atoms with van der Waals surface area (Å²) in [7, 11) is 0. The number of hydrogen-bond donors (Lipinski definition) is 0. The lowest BCUT2D eigenvalue weighted by molar-refractivity contribution is -0.124. The van der Waals surface area contributed by atoms with Gasteiger partial charge in [-0.15, -0.1) is 0 Å². The number of carbonyl (C=O) groups excluding carboxylic acids is 1. The molecular formula is C8H13FO. The predicted molar refractivity (Wildman–Crippen MR) is 37.6 cm³/mol. The lowest BCUT2D eigenvalue weighted by atomic mass is 9.87. The summed E-state index contributed by atoms with van der Waals surface area (Å²) < 4.78 is 11.8. The molecule has 0 aromatic carbocycles. The molecule has 1 rings (SSSR count). The van der Waals surface area contributed by atoms with E-state index in [0.29, 0.717) is 0 Å². The summed E-state index contributed by atoms with van der Waals surface area (Å²) in [6.45, 7) is -0.759. The van der Waals surface area contributed by atoms with E-state index in [4.69, 9.17) is 0 Å². The van der Waals surface area contributed by atoms with Crippen LogP contribution >= 0.6 is 0 Å². The van der Waals surface area contributed by atoms with Crippen LogP contribution in [0.3, 0.4) is 0 Å². The van der Waals surface area contributed by atoms with Gasteiger partial charge in [0.15, 0.2) is 5.78 Å². The maximum atomic E-state index is 11.8. The molecule has 1 aliphatic rings. The minimum atomic E-state index is -0.759. The Balaban J connectivity index is 2.31. The number of rotatable bonds is 2. The Morgan fingerprint density at radius 1 is 1.30 bits per heavy atom. The molecule has 0 N–H and O–H groups in total. The van der Waals surface area contributed by atoms with Crippen LogP contribution in [-0.4, -0.2) is 12.5 Å². The van der Waals surface area contributed by atoms with Gasteiger partial charge < -0.3 is 0 Å². The summed E-state index contributed by atoms with van der Waals surface area (Å²) in [4.78, 5) is 10.8. The molecule has 0 radical (unpaired) electrons. The Kier molecular flexibility index (Phi) is 2.84. The molecule has 0 aromatic heterocycles. The van der Waals surface area contributed by atoms with Gasteiger partial charge in [0.05, 0.1) is 0 Å². The first-order valence-corrected chi connectivity index (χ1v) is 3.93. The van der Waals surface area contributed by atoms with Gasteiger partial charge in [-0.3, -0.25) is 4.79 Å². The van der Waals surface area contributed by atoms with E-state index < -0.39 is 6.67 Å². The molecule has 0 aliphatic heterocycles. The zero-order chi connectivity index (χ0) is 7.40. The number of alkyl halides is 1. The molecule has 1 saturated carbocycles. The maximum absolute atomic E-state index is 11.8. The molecule has 0 saturated heterocycles. The van der Waals surface area contributed by atoms with Crippen LogP contribution < -0.4 is 0 Å². The van der Waals surface area contributed by atoms with E-state index in [0.717, 1.165) is 25.7 Å². The quantitative estimate of drug-likeness (QED) is 0.580. The summed E-state index contributed by atoms with van der Waals surface area (Å²) in [5.74, 6) is -0.126. The zero-order valence-corrected chi connectivity index (χ0v) is 6.11. The molecule has 0 spiro atoms. The molecule has 0 aromatic rings. The van der Waals surface area contributed by atoms with E-state index in [-0.39, 0.29) is 11.7 Å². The van der Waals surface area contributed by atoms with Crippen molar-refractivity contribution in [3.8, 4) is 0 Å². The highest BCUT2D eigenvalue weighted by atomic mass is 19.1. The van der Waals surface area contributed by atoms with E-state index >= 15 is 0 Å². The molecule has 0 heterocycles. The van der Waals surface area contributed by atoms with Gasteiger partial charge in [0, 0.05) is 5.92 Å². The molecule has 1 aliphatic carbocycles. The summed E-state index contributed by atoms with van der Waals surface area (Å²) >= 11 is 0. The number of carbonyl (C=O) groups is 1. The van der Waals surface area contributed by atoms with Crippen molar-refractivity contribution < 1.29 is 9.18 Å². The van der Waals surface area contributed by atoms with Gasteiger partial charge in [-0.05, 0) is 12.8 Å². The molecule has 0 atom stereocenters. The molecule has 2 heteroatoms. The highest BCUT2D eigenvalue weighted by Gasteiger charge is 2.19. The molecule has 0 bridgehead atoms. The van der Waals surface area contributed by atoms with E-state index in [1.165, 1.54) is 6.42 Å². The van der Waals surface area contributed by atoms with Crippen LogP contribution in [0.2, 0.25) is 0 Å². The van der Waals surface area contributed by atoms with Gasteiger partial charge in [-0.1, -0.05) is 19.3 Å². The lowest BCUT2D eigenvalue weighted by Gasteiger charge is -2.18. The highest BCUT2D eigenvalue weighted by Crippen LogP contribution is 2.24. The fourth-order valence-corrected chi connectivity index (χ4v) is 1.53. The Morgan fingerprint density at radius 2 is 1.90 bits per heavy atom. The third-order valence-electron chi connectivity index (χ3n) is 2.19. The normalized spacial score (nSPS) is 20.9. The van der Waals surface area contributed by atoms with Gasteiger partial charge in [0.2, 0.25) is 0 Å². The first-order chi connectivity index (χ1) is 4.84. The number of halogens is 1. The Hall–Kier alpha value is -0.400. The smallest absolute Gasteiger partial charge is 0.166 e. The highest BCUT2D eigenvalue weighted by molar-refractivity contribution is 5.82. The van der Waals surface area contributed by atoms with Gasteiger partial charge in [0.1, 0.15) is 6.67 Å². The number of hydrogen-bond acceptors (Lipinski definition) is 1. The fourth-order valence-electron chi connectivity index (χ4n) is 1.53. The average Bonchev–Trinajstić information content (AvgIpc) is 2.05. The van der Waals surface area contributed by atoms with Crippen molar-refractivity contribution in [1.82, 2.24) is 0 Å². The summed E-state index contributed by atoms with van der Waals surface area (Å²) in [6.07, 6.45) is 5.27. The van der Waals surface area contributed by atoms with Crippen molar-refractivity contribution in [2.24, 2.45) is 5.92 Å². The zero-order valence-electron chi connectivity index (χ0n) is 6.11. The Labute approximate surface area is 60.6 Å². The molecule has 1 fully saturated rings. The molecule has 10 heavy (non-hydrogen) atoms. The van der Waals surface area contributed by atoms with Crippen molar-refractivity contribution in [1.29, 1.82) is 0 Å². The number of ketones is 1. The van der Waals surface area contributed by atoms with E-state index in [1.54, 1.807) is 0 Å². The molecular weight excluding hydrogens is 131 g/mol. The van der Waals surface area contributed by atoms with Crippen LogP contribution in [0.25, 0.3) is 0 Å². The predicted octanol–water partition coefficient (Wildman–Crippen LogP) is 2.11. The first-order valence-electron chi connectivity index (χ1n) is 3.93. The minimum Gasteiger partial charge on any atom is -0.296 e. The standard InChI is InChI=1S/C8H13FO/c9-6-8(10)7-4-2-1-3-5-7/h7H,1-6H2. The third-order valence-corrected chi connectivity index (χ3v) is 2.19. The second-order valence-electron chi connectivity index (χ2n) is 2.93. The topological polar surface area (TPSA) is 17.1 Å². The van der Waals surface area contributed by atoms with Crippen LogP contribution in [0.5, 0.6) is 0 Å². The Bertz CT molecular complexity index is 116. The SMILES string of the molecule is O=C(CF)C1CCCCC1. The van der Waals surface area contributed by atoms with Gasteiger partial charge in [-0.25, -0.2) is 4.39 Å². The van der Waals surface area contributed by atoms with Crippen LogP contribution in [0, 0.1) is 5.92 Å². The van der Waals surface area contributed by atoms with E-state index in [9.17, 15) is 9.18 Å². The van der Waals surface area contributed by atoms with Crippen molar-refractivity contribution in [2.75, 3.05) is 6.67 Å². The average molecular weight is 144 g/mol. The van der Waals surface area contributed by atoms with Crippen LogP contribution in [0.4, 0.5) is 4.39 Å².